The summed E-state index contributed by atoms with van der Waals surface area (Å²) in [6, 6.07) is 20.6. The van der Waals surface area contributed by atoms with Crippen LogP contribution in [0.5, 0.6) is 17.2 Å². The maximum Gasteiger partial charge on any atom is 0.412 e. The second kappa shape index (κ2) is 11.5. The number of para-hydroxylation sites is 1. The first-order chi connectivity index (χ1) is 15.5. The highest BCUT2D eigenvalue weighted by Crippen LogP contribution is 2.31. The number of hydrogen-bond acceptors (Lipinski definition) is 6. The topological polar surface area (TPSA) is 83.1 Å². The van der Waals surface area contributed by atoms with Gasteiger partial charge in [0.25, 0.3) is 0 Å². The number of fused-ring (bicyclic) bond motifs is 1. The van der Waals surface area contributed by atoms with E-state index in [9.17, 15) is 9.59 Å². The van der Waals surface area contributed by atoms with Crippen molar-refractivity contribution in [3.05, 3.63) is 78.9 Å². The second-order valence-corrected chi connectivity index (χ2v) is 6.90. The average Bonchev–Trinajstić information content (AvgIpc) is 2.79. The molecule has 32 heavy (non-hydrogen) atoms. The Kier molecular flexibility index (Phi) is 8.22. The van der Waals surface area contributed by atoms with Crippen molar-refractivity contribution in [2.24, 2.45) is 0 Å². The summed E-state index contributed by atoms with van der Waals surface area (Å²) in [7, 11) is 0. The summed E-state index contributed by atoms with van der Waals surface area (Å²) in [5.74, 6) is 1.43. The predicted octanol–water partition coefficient (Wildman–Crippen LogP) is 4.86. The smallest absolute Gasteiger partial charge is 0.412 e. The van der Waals surface area contributed by atoms with Crippen LogP contribution in [0, 0.1) is 0 Å². The molecule has 0 atom stereocenters. The van der Waals surface area contributed by atoms with Crippen molar-refractivity contribution < 1.29 is 28.5 Å². The standard InChI is InChI=1S/C25H25NO6/c1-18(2)24(27)30-16-15-29-14-13-26-25(28)32-21-11-12-22-19(17-21)7-6-10-23(22)31-20-8-4-3-5-9-20/h3-12,17H,1,13-16H2,2H3,(H,26,28). The number of benzene rings is 3. The highest BCUT2D eigenvalue weighted by Gasteiger charge is 2.08. The number of amides is 1. The van der Waals surface area contributed by atoms with Gasteiger partial charge in [0.2, 0.25) is 0 Å². The molecule has 7 heteroatoms. The van der Waals surface area contributed by atoms with Crippen LogP contribution in [0.25, 0.3) is 10.8 Å². The third-order valence-electron chi connectivity index (χ3n) is 4.32. The molecular weight excluding hydrogens is 410 g/mol. The van der Waals surface area contributed by atoms with E-state index in [0.29, 0.717) is 11.3 Å². The Morgan fingerprint density at radius 1 is 0.906 bits per heavy atom. The Hall–Kier alpha value is -3.84. The van der Waals surface area contributed by atoms with Gasteiger partial charge in [0, 0.05) is 17.5 Å². The quantitative estimate of drug-likeness (QED) is 0.278. The van der Waals surface area contributed by atoms with E-state index in [1.54, 1.807) is 19.1 Å². The zero-order chi connectivity index (χ0) is 22.8. The van der Waals surface area contributed by atoms with E-state index in [1.165, 1.54) is 0 Å². The molecule has 0 aliphatic heterocycles. The number of carbonyl (C=O) groups excluding carboxylic acids is 2. The van der Waals surface area contributed by atoms with Crippen LogP contribution in [-0.4, -0.2) is 38.4 Å². The normalized spacial score (nSPS) is 10.4. The summed E-state index contributed by atoms with van der Waals surface area (Å²) in [5, 5.41) is 4.40. The van der Waals surface area contributed by atoms with Gasteiger partial charge in [-0.15, -0.1) is 0 Å². The molecule has 3 rings (SSSR count). The first-order valence-corrected chi connectivity index (χ1v) is 10.1. The van der Waals surface area contributed by atoms with Gasteiger partial charge in [-0.05, 0) is 48.7 Å². The van der Waals surface area contributed by atoms with Crippen molar-refractivity contribution in [2.45, 2.75) is 6.92 Å². The minimum atomic E-state index is -0.585. The molecule has 7 nitrogen and oxygen atoms in total. The Morgan fingerprint density at radius 3 is 2.50 bits per heavy atom. The zero-order valence-electron chi connectivity index (χ0n) is 17.8. The van der Waals surface area contributed by atoms with E-state index in [-0.39, 0.29) is 26.4 Å². The summed E-state index contributed by atoms with van der Waals surface area (Å²) >= 11 is 0. The van der Waals surface area contributed by atoms with Crippen molar-refractivity contribution in [1.29, 1.82) is 0 Å². The van der Waals surface area contributed by atoms with E-state index < -0.39 is 12.1 Å². The highest BCUT2D eigenvalue weighted by molar-refractivity contribution is 5.90. The van der Waals surface area contributed by atoms with Crippen molar-refractivity contribution >= 4 is 22.8 Å². The van der Waals surface area contributed by atoms with Crippen LogP contribution in [0.15, 0.2) is 78.9 Å². The molecule has 0 saturated carbocycles. The lowest BCUT2D eigenvalue weighted by molar-refractivity contribution is -0.140. The zero-order valence-corrected chi connectivity index (χ0v) is 17.8. The summed E-state index contributed by atoms with van der Waals surface area (Å²) in [6.45, 7) is 5.95. The maximum atomic E-state index is 12.0. The third kappa shape index (κ3) is 6.85. The summed E-state index contributed by atoms with van der Waals surface area (Å²) < 4.78 is 21.5. The molecule has 3 aromatic carbocycles. The van der Waals surface area contributed by atoms with Gasteiger partial charge in [-0.3, -0.25) is 0 Å². The lowest BCUT2D eigenvalue weighted by Crippen LogP contribution is -2.30. The van der Waals surface area contributed by atoms with E-state index in [2.05, 4.69) is 11.9 Å². The predicted molar refractivity (Wildman–Crippen MR) is 121 cm³/mol. The fourth-order valence-corrected chi connectivity index (χ4v) is 2.79. The molecule has 0 spiro atoms. The first-order valence-electron chi connectivity index (χ1n) is 10.1. The molecule has 0 unspecified atom stereocenters. The third-order valence-corrected chi connectivity index (χ3v) is 4.32. The summed E-state index contributed by atoms with van der Waals surface area (Å²) in [4.78, 5) is 23.2. The second-order valence-electron chi connectivity index (χ2n) is 6.90. The van der Waals surface area contributed by atoms with Gasteiger partial charge in [0.1, 0.15) is 23.9 Å². The molecule has 0 aliphatic carbocycles. The molecule has 0 radical (unpaired) electrons. The lowest BCUT2D eigenvalue weighted by Gasteiger charge is -2.11. The van der Waals surface area contributed by atoms with Crippen LogP contribution in [0.2, 0.25) is 0 Å². The van der Waals surface area contributed by atoms with E-state index in [1.807, 2.05) is 54.6 Å². The van der Waals surface area contributed by atoms with Gasteiger partial charge in [-0.1, -0.05) is 36.9 Å². The van der Waals surface area contributed by atoms with Gasteiger partial charge in [-0.2, -0.15) is 0 Å². The largest absolute Gasteiger partial charge is 0.460 e. The van der Waals surface area contributed by atoms with Crippen molar-refractivity contribution in [3.63, 3.8) is 0 Å². The van der Waals surface area contributed by atoms with Crippen LogP contribution in [0.4, 0.5) is 4.79 Å². The minimum Gasteiger partial charge on any atom is -0.460 e. The van der Waals surface area contributed by atoms with Gasteiger partial charge >= 0.3 is 12.1 Å². The fourth-order valence-electron chi connectivity index (χ4n) is 2.79. The Balaban J connectivity index is 1.45. The summed E-state index contributed by atoms with van der Waals surface area (Å²) in [5.41, 5.74) is 0.336. The van der Waals surface area contributed by atoms with Gasteiger partial charge in [0.05, 0.1) is 13.2 Å². The minimum absolute atomic E-state index is 0.128. The molecule has 3 aromatic rings. The molecular formula is C25H25NO6. The number of rotatable bonds is 10. The molecule has 0 bridgehead atoms. The lowest BCUT2D eigenvalue weighted by atomic mass is 10.1. The Labute approximate surface area is 186 Å². The van der Waals surface area contributed by atoms with Gasteiger partial charge in [0.15, 0.2) is 0 Å². The highest BCUT2D eigenvalue weighted by atomic mass is 16.6. The number of carbonyl (C=O) groups is 2. The number of hydrogen-bond donors (Lipinski definition) is 1. The van der Waals surface area contributed by atoms with Crippen molar-refractivity contribution in [2.75, 3.05) is 26.4 Å². The van der Waals surface area contributed by atoms with Crippen LogP contribution >= 0.6 is 0 Å². The van der Waals surface area contributed by atoms with E-state index in [4.69, 9.17) is 18.9 Å². The van der Waals surface area contributed by atoms with E-state index in [0.717, 1.165) is 22.3 Å². The van der Waals surface area contributed by atoms with Crippen molar-refractivity contribution in [3.8, 4) is 17.2 Å². The SMILES string of the molecule is C=C(C)C(=O)OCCOCCNC(=O)Oc1ccc2c(Oc3ccccc3)cccc2c1. The Bertz CT molecular complexity index is 1080. The molecule has 0 saturated heterocycles. The maximum absolute atomic E-state index is 12.0. The average molecular weight is 435 g/mol. The van der Waals surface area contributed by atoms with Crippen molar-refractivity contribution in [1.82, 2.24) is 5.32 Å². The van der Waals surface area contributed by atoms with Gasteiger partial charge in [-0.25, -0.2) is 9.59 Å². The molecule has 0 fully saturated rings. The molecule has 0 heterocycles. The summed E-state index contributed by atoms with van der Waals surface area (Å²) in [6.07, 6.45) is -0.585. The van der Waals surface area contributed by atoms with Crippen LogP contribution in [0.3, 0.4) is 0 Å². The fraction of sp³-hybridized carbons (Fsp3) is 0.200. The van der Waals surface area contributed by atoms with Gasteiger partial charge < -0.3 is 24.3 Å². The number of ether oxygens (including phenoxy) is 4. The van der Waals surface area contributed by atoms with E-state index >= 15 is 0 Å². The molecule has 0 aliphatic rings. The first kappa shape index (κ1) is 22.8. The molecule has 166 valence electrons. The number of nitrogens with one attached hydrogen (secondary N) is 1. The molecule has 1 N–H and O–H groups in total. The van der Waals surface area contributed by atoms with Crippen LogP contribution in [-0.2, 0) is 14.3 Å². The van der Waals surface area contributed by atoms with Crippen LogP contribution < -0.4 is 14.8 Å². The monoisotopic (exact) mass is 435 g/mol. The van der Waals surface area contributed by atoms with Crippen LogP contribution in [0.1, 0.15) is 6.92 Å². The molecule has 0 aromatic heterocycles. The Morgan fingerprint density at radius 2 is 1.72 bits per heavy atom. The molecule has 1 amide bonds. The number of esters is 1.